The van der Waals surface area contributed by atoms with Crippen molar-refractivity contribution in [2.24, 2.45) is 0 Å². The third-order valence-corrected chi connectivity index (χ3v) is 3.18. The molecule has 110 valence electrons. The van der Waals surface area contributed by atoms with Crippen molar-refractivity contribution in [3.05, 3.63) is 22.8 Å². The van der Waals surface area contributed by atoms with Gasteiger partial charge in [0.05, 0.1) is 25.4 Å². The van der Waals surface area contributed by atoms with Crippen LogP contribution in [0.15, 0.2) is 12.3 Å². The van der Waals surface area contributed by atoms with Crippen LogP contribution in [0.5, 0.6) is 5.88 Å². The summed E-state index contributed by atoms with van der Waals surface area (Å²) in [5, 5.41) is 11.5. The highest BCUT2D eigenvalue weighted by Crippen LogP contribution is 2.25. The Morgan fingerprint density at radius 1 is 1.55 bits per heavy atom. The van der Waals surface area contributed by atoms with Gasteiger partial charge >= 0.3 is 0 Å². The van der Waals surface area contributed by atoms with Crippen LogP contribution in [0.2, 0.25) is 5.02 Å². The van der Waals surface area contributed by atoms with Crippen LogP contribution in [-0.2, 0) is 4.74 Å². The van der Waals surface area contributed by atoms with E-state index in [2.05, 4.69) is 10.3 Å². The number of rotatable bonds is 5. The molecule has 0 unspecified atom stereocenters. The molecule has 1 aromatic rings. The molecule has 1 aliphatic rings. The minimum atomic E-state index is -0.328. The fourth-order valence-electron chi connectivity index (χ4n) is 1.86. The largest absolute Gasteiger partial charge is 0.473 e. The Hall–Kier alpha value is -1.37. The van der Waals surface area contributed by atoms with E-state index in [-0.39, 0.29) is 25.2 Å². The Bertz CT molecular complexity index is 464. The Labute approximate surface area is 122 Å². The van der Waals surface area contributed by atoms with Gasteiger partial charge in [0.2, 0.25) is 5.88 Å². The summed E-state index contributed by atoms with van der Waals surface area (Å²) in [5.41, 5.74) is 0.336. The van der Waals surface area contributed by atoms with E-state index in [0.717, 1.165) is 12.8 Å². The van der Waals surface area contributed by atoms with E-state index < -0.39 is 0 Å². The van der Waals surface area contributed by atoms with Crippen LogP contribution >= 0.6 is 11.6 Å². The van der Waals surface area contributed by atoms with Gasteiger partial charge in [0.15, 0.2) is 0 Å². The molecular formula is C13H17ClN2O4. The Balaban J connectivity index is 1.99. The van der Waals surface area contributed by atoms with Gasteiger partial charge in [-0.3, -0.25) is 4.79 Å². The first kappa shape index (κ1) is 15.0. The number of ether oxygens (including phenoxy) is 2. The average Bonchev–Trinajstić information content (AvgIpc) is 2.48. The number of hydrogen-bond donors (Lipinski definition) is 2. The monoisotopic (exact) mass is 300 g/mol. The van der Waals surface area contributed by atoms with Crippen LogP contribution < -0.4 is 10.1 Å². The van der Waals surface area contributed by atoms with Gasteiger partial charge in [0.25, 0.3) is 5.91 Å². The van der Waals surface area contributed by atoms with Crippen LogP contribution in [0, 0.1) is 0 Å². The molecule has 2 rings (SSSR count). The summed E-state index contributed by atoms with van der Waals surface area (Å²) in [6.07, 6.45) is 3.06. The van der Waals surface area contributed by atoms with Gasteiger partial charge in [0, 0.05) is 25.6 Å². The van der Waals surface area contributed by atoms with Crippen molar-refractivity contribution < 1.29 is 19.4 Å². The van der Waals surface area contributed by atoms with Crippen molar-refractivity contribution in [1.82, 2.24) is 10.3 Å². The second kappa shape index (κ2) is 7.42. The van der Waals surface area contributed by atoms with Gasteiger partial charge in [-0.1, -0.05) is 11.6 Å². The Kier molecular flexibility index (Phi) is 5.58. The lowest BCUT2D eigenvalue weighted by molar-refractivity contribution is 0.0238. The molecule has 2 N–H and O–H groups in total. The van der Waals surface area contributed by atoms with Crippen LogP contribution in [-0.4, -0.2) is 48.5 Å². The molecule has 20 heavy (non-hydrogen) atoms. The number of aromatic nitrogens is 1. The fraction of sp³-hybridized carbons (Fsp3) is 0.538. The first-order valence-electron chi connectivity index (χ1n) is 6.49. The molecule has 1 aromatic heterocycles. The predicted molar refractivity (Wildman–Crippen MR) is 73.1 cm³/mol. The smallest absolute Gasteiger partial charge is 0.252 e. The molecule has 0 aliphatic carbocycles. The molecule has 1 fully saturated rings. The zero-order valence-electron chi connectivity index (χ0n) is 11.0. The quantitative estimate of drug-likeness (QED) is 0.848. The van der Waals surface area contributed by atoms with Crippen LogP contribution in [0.25, 0.3) is 0 Å². The van der Waals surface area contributed by atoms with E-state index in [4.69, 9.17) is 26.2 Å². The van der Waals surface area contributed by atoms with Gasteiger partial charge in [-0.25, -0.2) is 4.98 Å². The highest BCUT2D eigenvalue weighted by Gasteiger charge is 2.18. The molecule has 1 saturated heterocycles. The molecule has 0 atom stereocenters. The third-order valence-electron chi connectivity index (χ3n) is 2.91. The minimum Gasteiger partial charge on any atom is -0.473 e. The molecule has 0 bridgehead atoms. The van der Waals surface area contributed by atoms with Gasteiger partial charge < -0.3 is 19.9 Å². The van der Waals surface area contributed by atoms with E-state index in [1.807, 2.05) is 0 Å². The summed E-state index contributed by atoms with van der Waals surface area (Å²) in [4.78, 5) is 15.8. The topological polar surface area (TPSA) is 80.7 Å². The minimum absolute atomic E-state index is 0.0443. The third kappa shape index (κ3) is 4.06. The Morgan fingerprint density at radius 3 is 2.95 bits per heavy atom. The predicted octanol–water partition coefficient (Wildman–Crippen LogP) is 1.01. The molecular weight excluding hydrogens is 284 g/mol. The average molecular weight is 301 g/mol. The molecule has 0 spiro atoms. The van der Waals surface area contributed by atoms with Crippen LogP contribution in [0.4, 0.5) is 0 Å². The molecule has 1 aliphatic heterocycles. The van der Waals surface area contributed by atoms with Crippen molar-refractivity contribution in [1.29, 1.82) is 0 Å². The number of hydrogen-bond acceptors (Lipinski definition) is 5. The maximum absolute atomic E-state index is 11.7. The van der Waals surface area contributed by atoms with Gasteiger partial charge in [-0.05, 0) is 6.07 Å². The number of carbonyl (C=O) groups is 1. The lowest BCUT2D eigenvalue weighted by Gasteiger charge is -2.23. The lowest BCUT2D eigenvalue weighted by Crippen LogP contribution is -2.27. The summed E-state index contributed by atoms with van der Waals surface area (Å²) in [5.74, 6) is 0.00309. The molecule has 2 heterocycles. The van der Waals surface area contributed by atoms with E-state index in [1.54, 1.807) is 0 Å². The SMILES string of the molecule is O=C(NCCO)c1cnc(OC2CCOCC2)c(Cl)c1. The van der Waals surface area contributed by atoms with Crippen molar-refractivity contribution in [2.45, 2.75) is 18.9 Å². The lowest BCUT2D eigenvalue weighted by atomic mass is 10.1. The van der Waals surface area contributed by atoms with Crippen molar-refractivity contribution in [2.75, 3.05) is 26.4 Å². The number of carbonyl (C=O) groups excluding carboxylic acids is 1. The highest BCUT2D eigenvalue weighted by atomic mass is 35.5. The van der Waals surface area contributed by atoms with Gasteiger partial charge in [-0.15, -0.1) is 0 Å². The fourth-order valence-corrected chi connectivity index (χ4v) is 2.07. The van der Waals surface area contributed by atoms with Crippen molar-refractivity contribution in [3.8, 4) is 5.88 Å². The van der Waals surface area contributed by atoms with Gasteiger partial charge in [-0.2, -0.15) is 0 Å². The first-order valence-corrected chi connectivity index (χ1v) is 6.87. The second-order valence-corrected chi connectivity index (χ2v) is 4.83. The standard InChI is InChI=1S/C13H17ClN2O4/c14-11-7-9(12(18)15-3-4-17)8-16-13(11)20-10-1-5-19-6-2-10/h7-8,10,17H,1-6H2,(H,15,18). The van der Waals surface area contributed by atoms with E-state index >= 15 is 0 Å². The zero-order valence-corrected chi connectivity index (χ0v) is 11.7. The summed E-state index contributed by atoms with van der Waals surface area (Å²) in [7, 11) is 0. The van der Waals surface area contributed by atoms with Crippen molar-refractivity contribution >= 4 is 17.5 Å². The molecule has 7 heteroatoms. The molecule has 1 amide bonds. The van der Waals surface area contributed by atoms with Crippen molar-refractivity contribution in [3.63, 3.8) is 0 Å². The number of nitrogens with zero attached hydrogens (tertiary/aromatic N) is 1. The Morgan fingerprint density at radius 2 is 2.30 bits per heavy atom. The zero-order chi connectivity index (χ0) is 14.4. The molecule has 6 nitrogen and oxygen atoms in total. The number of pyridine rings is 1. The second-order valence-electron chi connectivity index (χ2n) is 4.42. The number of amides is 1. The maximum atomic E-state index is 11.7. The maximum Gasteiger partial charge on any atom is 0.252 e. The van der Waals surface area contributed by atoms with Gasteiger partial charge in [0.1, 0.15) is 11.1 Å². The molecule has 0 aromatic carbocycles. The van der Waals surface area contributed by atoms with E-state index in [1.165, 1.54) is 12.3 Å². The number of aliphatic hydroxyl groups excluding tert-OH is 1. The summed E-state index contributed by atoms with van der Waals surface area (Å²) >= 11 is 6.08. The first-order chi connectivity index (χ1) is 9.70. The summed E-state index contributed by atoms with van der Waals surface area (Å²) < 4.78 is 11.0. The number of nitrogens with one attached hydrogen (secondary N) is 1. The number of aliphatic hydroxyl groups is 1. The highest BCUT2D eigenvalue weighted by molar-refractivity contribution is 6.32. The molecule has 0 radical (unpaired) electrons. The van der Waals surface area contributed by atoms with E-state index in [9.17, 15) is 4.79 Å². The normalized spacial score (nSPS) is 15.9. The van der Waals surface area contributed by atoms with E-state index in [0.29, 0.717) is 29.7 Å². The number of halogens is 1. The van der Waals surface area contributed by atoms with Crippen LogP contribution in [0.3, 0.4) is 0 Å². The summed E-state index contributed by atoms with van der Waals surface area (Å²) in [6, 6.07) is 1.51. The summed E-state index contributed by atoms with van der Waals surface area (Å²) in [6.45, 7) is 1.42. The van der Waals surface area contributed by atoms with Crippen LogP contribution in [0.1, 0.15) is 23.2 Å². The molecule has 0 saturated carbocycles.